The van der Waals surface area contributed by atoms with Gasteiger partial charge in [0.25, 0.3) is 5.91 Å². The molecule has 1 aromatic heterocycles. The number of hydrazine groups is 1. The van der Waals surface area contributed by atoms with Crippen LogP contribution in [0.2, 0.25) is 0 Å². The molecule has 4 N–H and O–H groups in total. The van der Waals surface area contributed by atoms with Gasteiger partial charge in [-0.15, -0.1) is 0 Å². The van der Waals surface area contributed by atoms with Gasteiger partial charge >= 0.3 is 6.18 Å². The second-order valence-corrected chi connectivity index (χ2v) is 4.18. The molecule has 0 atom stereocenters. The number of nitrogens with one attached hydrogen (secondary N) is 2. The smallest absolute Gasteiger partial charge is 0.360 e. The molecule has 2 aromatic rings. The first-order chi connectivity index (χ1) is 9.81. The number of hydrogen-bond acceptors (Lipinski definition) is 5. The van der Waals surface area contributed by atoms with Crippen molar-refractivity contribution in [2.75, 3.05) is 10.7 Å². The maximum absolute atomic E-state index is 12.7. The number of anilines is 2. The van der Waals surface area contributed by atoms with Gasteiger partial charge in [-0.1, -0.05) is 5.16 Å². The predicted molar refractivity (Wildman–Crippen MR) is 68.4 cm³/mol. The molecule has 0 fully saturated rings. The van der Waals surface area contributed by atoms with Gasteiger partial charge in [0, 0.05) is 6.07 Å². The maximum atomic E-state index is 12.7. The van der Waals surface area contributed by atoms with Gasteiger partial charge in [0.2, 0.25) is 0 Å². The van der Waals surface area contributed by atoms with Gasteiger partial charge in [-0.3, -0.25) is 10.6 Å². The Labute approximate surface area is 117 Å². The van der Waals surface area contributed by atoms with Gasteiger partial charge in [0.1, 0.15) is 5.76 Å². The van der Waals surface area contributed by atoms with Gasteiger partial charge in [0.15, 0.2) is 5.82 Å². The minimum absolute atomic E-state index is 0.0562. The lowest BCUT2D eigenvalue weighted by Gasteiger charge is -2.12. The summed E-state index contributed by atoms with van der Waals surface area (Å²) >= 11 is 0. The summed E-state index contributed by atoms with van der Waals surface area (Å²) in [5, 5.41) is 5.85. The quantitative estimate of drug-likeness (QED) is 0.598. The third kappa shape index (κ3) is 3.31. The number of carbonyl (C=O) groups is 1. The molecule has 0 radical (unpaired) electrons. The molecule has 1 heterocycles. The van der Waals surface area contributed by atoms with Crippen molar-refractivity contribution in [1.82, 2.24) is 5.16 Å². The Morgan fingerprint density at radius 2 is 2.05 bits per heavy atom. The lowest BCUT2D eigenvalue weighted by atomic mass is 10.1. The Bertz CT molecular complexity index is 667. The molecule has 1 aromatic carbocycles. The van der Waals surface area contributed by atoms with Crippen LogP contribution >= 0.6 is 0 Å². The van der Waals surface area contributed by atoms with E-state index in [0.717, 1.165) is 12.1 Å². The molecule has 0 saturated heterocycles. The topological polar surface area (TPSA) is 93.2 Å². The highest BCUT2D eigenvalue weighted by molar-refractivity contribution is 6.07. The first kappa shape index (κ1) is 14.9. The van der Waals surface area contributed by atoms with Crippen molar-refractivity contribution in [3.05, 3.63) is 41.2 Å². The van der Waals surface area contributed by atoms with Gasteiger partial charge in [-0.2, -0.15) is 13.2 Å². The van der Waals surface area contributed by atoms with Crippen molar-refractivity contribution < 1.29 is 22.5 Å². The van der Waals surface area contributed by atoms with Gasteiger partial charge in [-0.25, -0.2) is 0 Å². The number of alkyl halides is 3. The van der Waals surface area contributed by atoms with E-state index in [1.165, 1.54) is 6.07 Å². The lowest BCUT2D eigenvalue weighted by Crippen LogP contribution is -2.19. The first-order valence-electron chi connectivity index (χ1n) is 5.74. The molecular weight excluding hydrogens is 289 g/mol. The molecule has 0 spiro atoms. The van der Waals surface area contributed by atoms with E-state index in [2.05, 4.69) is 15.9 Å². The molecule has 0 bridgehead atoms. The van der Waals surface area contributed by atoms with E-state index in [1.807, 2.05) is 0 Å². The van der Waals surface area contributed by atoms with Crippen LogP contribution in [0.15, 0.2) is 28.8 Å². The van der Waals surface area contributed by atoms with Crippen LogP contribution in [-0.4, -0.2) is 11.1 Å². The predicted octanol–water partition coefficient (Wildman–Crippen LogP) is 2.54. The molecule has 0 aliphatic rings. The third-order valence-electron chi connectivity index (χ3n) is 2.62. The number of nitrogens with two attached hydrogens (primary N) is 1. The highest BCUT2D eigenvalue weighted by Crippen LogP contribution is 2.31. The van der Waals surface area contributed by atoms with Crippen LogP contribution in [0.25, 0.3) is 0 Å². The number of nitrogen functional groups attached to an aromatic ring is 1. The molecule has 0 unspecified atom stereocenters. The zero-order chi connectivity index (χ0) is 15.6. The number of benzene rings is 1. The fraction of sp³-hybridized carbons (Fsp3) is 0.167. The van der Waals surface area contributed by atoms with Crippen molar-refractivity contribution in [1.29, 1.82) is 0 Å². The highest BCUT2D eigenvalue weighted by atomic mass is 19.4. The normalized spacial score (nSPS) is 11.3. The van der Waals surface area contributed by atoms with Crippen molar-refractivity contribution in [2.24, 2.45) is 5.84 Å². The third-order valence-corrected chi connectivity index (χ3v) is 2.62. The van der Waals surface area contributed by atoms with Crippen molar-refractivity contribution >= 4 is 17.4 Å². The molecule has 0 aliphatic carbocycles. The second kappa shape index (κ2) is 5.44. The van der Waals surface area contributed by atoms with Crippen LogP contribution in [0.5, 0.6) is 0 Å². The van der Waals surface area contributed by atoms with Crippen LogP contribution in [0.3, 0.4) is 0 Å². The number of carbonyl (C=O) groups excluding carboxylic acids is 1. The standard InChI is InChI=1S/C12H11F3N4O2/c1-6-4-10(19-21-6)17-11(20)8-5-7(12(13,14)15)2-3-9(8)18-16/h2-5,18H,16H2,1H3,(H,17,19,20). The van der Waals surface area contributed by atoms with Crippen molar-refractivity contribution in [3.8, 4) is 0 Å². The van der Waals surface area contributed by atoms with Crippen LogP contribution in [0.4, 0.5) is 24.7 Å². The summed E-state index contributed by atoms with van der Waals surface area (Å²) < 4.78 is 42.8. The average Bonchev–Trinajstić information content (AvgIpc) is 2.82. The highest BCUT2D eigenvalue weighted by Gasteiger charge is 2.31. The minimum atomic E-state index is -4.56. The maximum Gasteiger partial charge on any atom is 0.416 e. The second-order valence-electron chi connectivity index (χ2n) is 4.18. The molecule has 1 amide bonds. The van der Waals surface area contributed by atoms with E-state index in [1.54, 1.807) is 6.92 Å². The summed E-state index contributed by atoms with van der Waals surface area (Å²) in [6.07, 6.45) is -4.56. The van der Waals surface area contributed by atoms with E-state index < -0.39 is 17.6 Å². The van der Waals surface area contributed by atoms with Gasteiger partial charge in [0.05, 0.1) is 16.8 Å². The summed E-state index contributed by atoms with van der Waals surface area (Å²) in [4.78, 5) is 12.0. The zero-order valence-corrected chi connectivity index (χ0v) is 10.8. The van der Waals surface area contributed by atoms with Crippen LogP contribution in [0, 0.1) is 6.92 Å². The summed E-state index contributed by atoms with van der Waals surface area (Å²) in [6.45, 7) is 1.61. The zero-order valence-electron chi connectivity index (χ0n) is 10.8. The summed E-state index contributed by atoms with van der Waals surface area (Å²) in [5.74, 6) is 4.96. The Morgan fingerprint density at radius 1 is 1.33 bits per heavy atom. The van der Waals surface area contributed by atoms with Gasteiger partial charge in [-0.05, 0) is 25.1 Å². The number of nitrogens with zero attached hydrogens (tertiary/aromatic N) is 1. The van der Waals surface area contributed by atoms with Crippen LogP contribution in [-0.2, 0) is 6.18 Å². The van der Waals surface area contributed by atoms with Crippen molar-refractivity contribution in [2.45, 2.75) is 13.1 Å². The summed E-state index contributed by atoms with van der Waals surface area (Å²) in [6, 6.07) is 4.04. The van der Waals surface area contributed by atoms with E-state index in [-0.39, 0.29) is 17.1 Å². The minimum Gasteiger partial charge on any atom is -0.360 e. The molecule has 21 heavy (non-hydrogen) atoms. The molecular formula is C12H11F3N4O2. The Balaban J connectivity index is 2.34. The van der Waals surface area contributed by atoms with E-state index >= 15 is 0 Å². The fourth-order valence-electron chi connectivity index (χ4n) is 1.64. The van der Waals surface area contributed by atoms with Gasteiger partial charge < -0.3 is 15.3 Å². The molecule has 0 aliphatic heterocycles. The molecule has 112 valence electrons. The number of rotatable bonds is 3. The van der Waals surface area contributed by atoms with Crippen molar-refractivity contribution in [3.63, 3.8) is 0 Å². The van der Waals surface area contributed by atoms with E-state index in [9.17, 15) is 18.0 Å². The number of hydrogen-bond donors (Lipinski definition) is 3. The molecule has 0 saturated carbocycles. The fourth-order valence-corrected chi connectivity index (χ4v) is 1.64. The number of aromatic nitrogens is 1. The average molecular weight is 300 g/mol. The summed E-state index contributed by atoms with van der Waals surface area (Å²) in [5.41, 5.74) is 1.02. The number of aryl methyl sites for hydroxylation is 1. The largest absolute Gasteiger partial charge is 0.416 e. The summed E-state index contributed by atoms with van der Waals surface area (Å²) in [7, 11) is 0. The van der Waals surface area contributed by atoms with E-state index in [4.69, 9.17) is 10.4 Å². The first-order valence-corrected chi connectivity index (χ1v) is 5.74. The van der Waals surface area contributed by atoms with Crippen LogP contribution < -0.4 is 16.6 Å². The monoisotopic (exact) mass is 300 g/mol. The molecule has 2 rings (SSSR count). The van der Waals surface area contributed by atoms with Crippen LogP contribution in [0.1, 0.15) is 21.7 Å². The number of amides is 1. The Kier molecular flexibility index (Phi) is 3.85. The van der Waals surface area contributed by atoms with E-state index in [0.29, 0.717) is 11.8 Å². The number of halogens is 3. The SMILES string of the molecule is Cc1cc(NC(=O)c2cc(C(F)(F)F)ccc2NN)no1. The Morgan fingerprint density at radius 3 is 2.57 bits per heavy atom. The molecule has 6 nitrogen and oxygen atoms in total. The lowest BCUT2D eigenvalue weighted by molar-refractivity contribution is -0.137. The Hall–Kier alpha value is -2.55. The molecule has 9 heteroatoms.